The van der Waals surface area contributed by atoms with E-state index in [1.54, 1.807) is 13.0 Å². The minimum Gasteiger partial charge on any atom is -0.480 e. The SMILES string of the molecule is C=CCN.CCCN(O)C(CC)C(=O)O. The molecule has 0 saturated carbocycles. The normalized spacial score (nSPS) is 11.5. The molecule has 0 aromatic heterocycles. The lowest BCUT2D eigenvalue weighted by atomic mass is 10.2. The molecule has 15 heavy (non-hydrogen) atoms. The van der Waals surface area contributed by atoms with Crippen LogP contribution >= 0.6 is 0 Å². The number of rotatable bonds is 6. The molecule has 0 aliphatic carbocycles. The van der Waals surface area contributed by atoms with Gasteiger partial charge in [-0.3, -0.25) is 4.79 Å². The van der Waals surface area contributed by atoms with Gasteiger partial charge in [0.05, 0.1) is 0 Å². The molecule has 0 radical (unpaired) electrons. The van der Waals surface area contributed by atoms with Crippen LogP contribution in [0.3, 0.4) is 0 Å². The predicted octanol–water partition coefficient (Wildman–Crippen LogP) is 1.08. The Morgan fingerprint density at radius 1 is 1.60 bits per heavy atom. The maximum absolute atomic E-state index is 10.4. The van der Waals surface area contributed by atoms with E-state index in [2.05, 4.69) is 6.58 Å². The second-order valence-electron chi connectivity index (χ2n) is 2.95. The van der Waals surface area contributed by atoms with E-state index in [1.807, 2.05) is 6.92 Å². The Hall–Kier alpha value is -0.910. The number of hydrogen-bond donors (Lipinski definition) is 3. The Balaban J connectivity index is 0. The summed E-state index contributed by atoms with van der Waals surface area (Å²) in [6.45, 7) is 7.97. The fourth-order valence-corrected chi connectivity index (χ4v) is 0.898. The molecule has 5 heteroatoms. The Morgan fingerprint density at radius 2 is 2.07 bits per heavy atom. The summed E-state index contributed by atoms with van der Waals surface area (Å²) in [5.74, 6) is -0.969. The highest BCUT2D eigenvalue weighted by Gasteiger charge is 2.20. The number of carboxylic acids is 1. The molecule has 0 fully saturated rings. The average molecular weight is 218 g/mol. The summed E-state index contributed by atoms with van der Waals surface area (Å²) in [6.07, 6.45) is 2.83. The number of carbonyl (C=O) groups is 1. The van der Waals surface area contributed by atoms with Gasteiger partial charge in [0.2, 0.25) is 0 Å². The van der Waals surface area contributed by atoms with Crippen molar-refractivity contribution in [2.24, 2.45) is 5.73 Å². The molecule has 4 N–H and O–H groups in total. The first-order valence-corrected chi connectivity index (χ1v) is 5.04. The molecule has 1 unspecified atom stereocenters. The Kier molecular flexibility index (Phi) is 12.3. The molecule has 0 aliphatic rings. The van der Waals surface area contributed by atoms with Gasteiger partial charge in [-0.25, -0.2) is 0 Å². The van der Waals surface area contributed by atoms with Crippen LogP contribution < -0.4 is 5.73 Å². The molecule has 1 atom stereocenters. The standard InChI is InChI=1S/C7H15NO3.C3H7N/c1-3-5-8(11)6(4-2)7(9)10;1-2-3-4/h6,11H,3-5H2,1-2H3,(H,9,10);2H,1,3-4H2. The molecule has 5 nitrogen and oxygen atoms in total. The number of carboxylic acid groups (broad SMARTS) is 1. The van der Waals surface area contributed by atoms with Crippen molar-refractivity contribution in [3.63, 3.8) is 0 Å². The van der Waals surface area contributed by atoms with Crippen LogP contribution in [0.1, 0.15) is 26.7 Å². The second-order valence-corrected chi connectivity index (χ2v) is 2.95. The van der Waals surface area contributed by atoms with E-state index in [4.69, 9.17) is 16.0 Å². The summed E-state index contributed by atoms with van der Waals surface area (Å²) in [4.78, 5) is 10.4. The molecule has 0 heterocycles. The van der Waals surface area contributed by atoms with Crippen LogP contribution in [0.15, 0.2) is 12.7 Å². The molecule has 90 valence electrons. The van der Waals surface area contributed by atoms with Crippen LogP contribution in [0.5, 0.6) is 0 Å². The monoisotopic (exact) mass is 218 g/mol. The molecule has 0 spiro atoms. The summed E-state index contributed by atoms with van der Waals surface area (Å²) >= 11 is 0. The average Bonchev–Trinajstić information content (AvgIpc) is 2.19. The second kappa shape index (κ2) is 11.2. The topological polar surface area (TPSA) is 86.8 Å². The maximum atomic E-state index is 10.4. The van der Waals surface area contributed by atoms with E-state index in [-0.39, 0.29) is 0 Å². The predicted molar refractivity (Wildman–Crippen MR) is 59.7 cm³/mol. The zero-order valence-corrected chi connectivity index (χ0v) is 9.52. The quantitative estimate of drug-likeness (QED) is 0.459. The lowest BCUT2D eigenvalue weighted by Crippen LogP contribution is -2.38. The van der Waals surface area contributed by atoms with Crippen LogP contribution in [0, 0.1) is 0 Å². The summed E-state index contributed by atoms with van der Waals surface area (Å²) in [5.41, 5.74) is 4.91. The third-order valence-corrected chi connectivity index (χ3v) is 1.65. The van der Waals surface area contributed by atoms with Crippen molar-refractivity contribution in [2.45, 2.75) is 32.7 Å². The minimum atomic E-state index is -0.969. The Morgan fingerprint density at radius 3 is 2.27 bits per heavy atom. The van der Waals surface area contributed by atoms with Crippen molar-refractivity contribution in [3.05, 3.63) is 12.7 Å². The summed E-state index contributed by atoms with van der Waals surface area (Å²) in [5, 5.41) is 18.6. The van der Waals surface area contributed by atoms with Gasteiger partial charge >= 0.3 is 5.97 Å². The van der Waals surface area contributed by atoms with Crippen molar-refractivity contribution in [1.82, 2.24) is 5.06 Å². The highest BCUT2D eigenvalue weighted by molar-refractivity contribution is 5.73. The fraction of sp³-hybridized carbons (Fsp3) is 0.700. The third kappa shape index (κ3) is 9.40. The highest BCUT2D eigenvalue weighted by Crippen LogP contribution is 2.01. The highest BCUT2D eigenvalue weighted by atomic mass is 16.5. The van der Waals surface area contributed by atoms with Gasteiger partial charge in [0.15, 0.2) is 0 Å². The van der Waals surface area contributed by atoms with Crippen molar-refractivity contribution in [3.8, 4) is 0 Å². The molecule has 0 saturated heterocycles. The largest absolute Gasteiger partial charge is 0.480 e. The molecule has 0 bridgehead atoms. The third-order valence-electron chi connectivity index (χ3n) is 1.65. The van der Waals surface area contributed by atoms with Gasteiger partial charge in [0.25, 0.3) is 0 Å². The van der Waals surface area contributed by atoms with Gasteiger partial charge in [0, 0.05) is 13.1 Å². The van der Waals surface area contributed by atoms with Crippen molar-refractivity contribution in [2.75, 3.05) is 13.1 Å². The van der Waals surface area contributed by atoms with E-state index in [0.717, 1.165) is 11.5 Å². The molecule has 0 amide bonds. The van der Waals surface area contributed by atoms with Crippen molar-refractivity contribution >= 4 is 5.97 Å². The van der Waals surface area contributed by atoms with Crippen molar-refractivity contribution < 1.29 is 15.1 Å². The van der Waals surface area contributed by atoms with Crippen LogP contribution in [-0.4, -0.2) is 40.5 Å². The number of nitrogens with zero attached hydrogens (tertiary/aromatic N) is 1. The first-order chi connectivity index (χ1) is 7.04. The minimum absolute atomic E-state index is 0.408. The zero-order chi connectivity index (χ0) is 12.3. The summed E-state index contributed by atoms with van der Waals surface area (Å²) in [6, 6.07) is -0.755. The maximum Gasteiger partial charge on any atom is 0.323 e. The smallest absolute Gasteiger partial charge is 0.323 e. The fourth-order valence-electron chi connectivity index (χ4n) is 0.898. The Labute approximate surface area is 91.1 Å². The van der Waals surface area contributed by atoms with Gasteiger partial charge in [-0.15, -0.1) is 6.58 Å². The lowest BCUT2D eigenvalue weighted by molar-refractivity contribution is -0.169. The van der Waals surface area contributed by atoms with Crippen LogP contribution in [0.2, 0.25) is 0 Å². The molecular formula is C10H22N2O3. The first-order valence-electron chi connectivity index (χ1n) is 5.04. The lowest BCUT2D eigenvalue weighted by Gasteiger charge is -2.20. The molecule has 0 aromatic carbocycles. The number of hydroxylamine groups is 2. The van der Waals surface area contributed by atoms with E-state index >= 15 is 0 Å². The van der Waals surface area contributed by atoms with E-state index in [1.165, 1.54) is 0 Å². The number of nitrogens with two attached hydrogens (primary N) is 1. The zero-order valence-electron chi connectivity index (χ0n) is 9.52. The summed E-state index contributed by atoms with van der Waals surface area (Å²) < 4.78 is 0. The Bertz CT molecular complexity index is 174. The van der Waals surface area contributed by atoms with Crippen LogP contribution in [0.25, 0.3) is 0 Å². The molecular weight excluding hydrogens is 196 g/mol. The number of hydrogen-bond acceptors (Lipinski definition) is 4. The van der Waals surface area contributed by atoms with Gasteiger partial charge < -0.3 is 16.0 Å². The number of aliphatic carboxylic acids is 1. The molecule has 0 aromatic rings. The van der Waals surface area contributed by atoms with E-state index in [0.29, 0.717) is 19.5 Å². The van der Waals surface area contributed by atoms with Gasteiger partial charge in [-0.1, -0.05) is 19.9 Å². The molecule has 0 rings (SSSR count). The van der Waals surface area contributed by atoms with Gasteiger partial charge in [-0.2, -0.15) is 5.06 Å². The van der Waals surface area contributed by atoms with E-state index in [9.17, 15) is 4.79 Å². The van der Waals surface area contributed by atoms with Gasteiger partial charge in [0.1, 0.15) is 6.04 Å². The molecule has 0 aliphatic heterocycles. The van der Waals surface area contributed by atoms with Gasteiger partial charge in [-0.05, 0) is 12.8 Å². The first kappa shape index (κ1) is 16.5. The van der Waals surface area contributed by atoms with Crippen LogP contribution in [0.4, 0.5) is 0 Å². The van der Waals surface area contributed by atoms with Crippen molar-refractivity contribution in [1.29, 1.82) is 0 Å². The summed E-state index contributed by atoms with van der Waals surface area (Å²) in [7, 11) is 0. The van der Waals surface area contributed by atoms with Crippen LogP contribution in [-0.2, 0) is 4.79 Å². The van der Waals surface area contributed by atoms with E-state index < -0.39 is 12.0 Å².